The summed E-state index contributed by atoms with van der Waals surface area (Å²) < 4.78 is 9.98. The molecule has 15 heavy (non-hydrogen) atoms. The minimum Gasteiger partial charge on any atom is -0.468 e. The summed E-state index contributed by atoms with van der Waals surface area (Å²) in [7, 11) is 2.94. The molecule has 1 rings (SSSR count). The summed E-state index contributed by atoms with van der Waals surface area (Å²) in [5.41, 5.74) is 0. The van der Waals surface area contributed by atoms with Crippen LogP contribution >= 0.6 is 0 Å². The van der Waals surface area contributed by atoms with Crippen LogP contribution in [0.1, 0.15) is 26.2 Å². The number of carbonyl (C=O) groups excluding carboxylic acids is 2. The van der Waals surface area contributed by atoms with Gasteiger partial charge in [-0.15, -0.1) is 0 Å². The fourth-order valence-corrected chi connectivity index (χ4v) is 2.33. The molecule has 0 bridgehead atoms. The Morgan fingerprint density at radius 2 is 2.13 bits per heavy atom. The molecule has 86 valence electrons. The van der Waals surface area contributed by atoms with Gasteiger partial charge in [-0.25, -0.2) is 0 Å². The molecule has 4 heteroatoms. The van der Waals surface area contributed by atoms with Crippen molar-refractivity contribution in [2.24, 2.45) is 11.8 Å². The topological polar surface area (TPSA) is 52.6 Å². The molecule has 0 aromatic rings. The lowest BCUT2D eigenvalue weighted by atomic mass is 9.75. The number of methoxy groups -OCH3 is 2. The summed E-state index contributed by atoms with van der Waals surface area (Å²) in [6, 6.07) is 0. The predicted molar refractivity (Wildman–Crippen MR) is 54.3 cm³/mol. The van der Waals surface area contributed by atoms with E-state index in [1.807, 2.05) is 6.92 Å². The van der Waals surface area contributed by atoms with Crippen molar-refractivity contribution in [1.29, 1.82) is 0 Å². The third-order valence-electron chi connectivity index (χ3n) is 3.16. The molecular weight excluding hydrogens is 196 g/mol. The lowest BCUT2D eigenvalue weighted by Gasteiger charge is -2.34. The van der Waals surface area contributed by atoms with Gasteiger partial charge in [0.2, 0.25) is 0 Å². The van der Waals surface area contributed by atoms with E-state index >= 15 is 0 Å². The third-order valence-corrected chi connectivity index (χ3v) is 3.16. The van der Waals surface area contributed by atoms with Gasteiger partial charge in [0, 0.05) is 19.4 Å². The summed E-state index contributed by atoms with van der Waals surface area (Å²) in [4.78, 5) is 23.2. The highest BCUT2D eigenvalue weighted by Crippen LogP contribution is 2.32. The number of Topliss-reactive ketones (excluding diaryl/α,β-unsaturated/α-hetero) is 1. The van der Waals surface area contributed by atoms with Crippen LogP contribution in [0, 0.1) is 11.8 Å². The van der Waals surface area contributed by atoms with Crippen molar-refractivity contribution in [2.75, 3.05) is 14.2 Å². The van der Waals surface area contributed by atoms with E-state index in [2.05, 4.69) is 4.74 Å². The van der Waals surface area contributed by atoms with Gasteiger partial charge in [0.05, 0.1) is 13.2 Å². The number of rotatable bonds is 3. The zero-order valence-corrected chi connectivity index (χ0v) is 9.49. The van der Waals surface area contributed by atoms with Crippen LogP contribution in [-0.2, 0) is 19.1 Å². The second-order valence-corrected chi connectivity index (χ2v) is 3.85. The van der Waals surface area contributed by atoms with Crippen molar-refractivity contribution in [3.8, 4) is 0 Å². The van der Waals surface area contributed by atoms with Gasteiger partial charge in [-0.2, -0.15) is 0 Å². The van der Waals surface area contributed by atoms with Gasteiger partial charge in [-0.1, -0.05) is 6.92 Å². The van der Waals surface area contributed by atoms with Gasteiger partial charge < -0.3 is 9.47 Å². The molecule has 0 saturated heterocycles. The van der Waals surface area contributed by atoms with Crippen LogP contribution in [-0.4, -0.2) is 32.1 Å². The summed E-state index contributed by atoms with van der Waals surface area (Å²) in [5.74, 6) is -1.10. The first-order chi connectivity index (χ1) is 7.15. The molecule has 1 saturated carbocycles. The van der Waals surface area contributed by atoms with E-state index in [1.165, 1.54) is 7.11 Å². The molecule has 4 nitrogen and oxygen atoms in total. The van der Waals surface area contributed by atoms with Crippen LogP contribution in [0.15, 0.2) is 0 Å². The van der Waals surface area contributed by atoms with E-state index in [4.69, 9.17) is 4.74 Å². The van der Waals surface area contributed by atoms with Crippen molar-refractivity contribution in [3.63, 3.8) is 0 Å². The minimum absolute atomic E-state index is 0.00296. The number of carbonyl (C=O) groups is 2. The lowest BCUT2D eigenvalue weighted by Crippen LogP contribution is -2.43. The highest BCUT2D eigenvalue weighted by molar-refractivity contribution is 5.99. The van der Waals surface area contributed by atoms with Gasteiger partial charge in [-0.05, 0) is 12.8 Å². The van der Waals surface area contributed by atoms with Crippen LogP contribution < -0.4 is 0 Å². The van der Waals surface area contributed by atoms with Crippen LogP contribution in [0.4, 0.5) is 0 Å². The molecule has 1 aliphatic carbocycles. The third kappa shape index (κ3) is 2.37. The maximum atomic E-state index is 11.7. The monoisotopic (exact) mass is 214 g/mol. The molecule has 0 aliphatic heterocycles. The Balaban J connectivity index is 2.86. The first-order valence-corrected chi connectivity index (χ1v) is 5.29. The average Bonchev–Trinajstić information content (AvgIpc) is 2.27. The quantitative estimate of drug-likeness (QED) is 0.523. The number of hydrogen-bond donors (Lipinski definition) is 0. The highest BCUT2D eigenvalue weighted by Gasteiger charge is 2.42. The number of esters is 1. The second kappa shape index (κ2) is 5.26. The van der Waals surface area contributed by atoms with E-state index in [0.717, 1.165) is 6.42 Å². The molecule has 0 N–H and O–H groups in total. The van der Waals surface area contributed by atoms with Crippen molar-refractivity contribution in [3.05, 3.63) is 0 Å². The van der Waals surface area contributed by atoms with Gasteiger partial charge in [0.1, 0.15) is 11.7 Å². The zero-order valence-electron chi connectivity index (χ0n) is 9.49. The van der Waals surface area contributed by atoms with E-state index in [9.17, 15) is 9.59 Å². The zero-order chi connectivity index (χ0) is 11.4. The van der Waals surface area contributed by atoms with Crippen LogP contribution in [0.2, 0.25) is 0 Å². The molecule has 3 atom stereocenters. The average molecular weight is 214 g/mol. The first kappa shape index (κ1) is 12.2. The van der Waals surface area contributed by atoms with E-state index in [1.54, 1.807) is 7.11 Å². The summed E-state index contributed by atoms with van der Waals surface area (Å²) >= 11 is 0. The van der Waals surface area contributed by atoms with E-state index in [0.29, 0.717) is 12.8 Å². The minimum atomic E-state index is -0.626. The predicted octanol–water partition coefficient (Wildman–Crippen LogP) is 1.18. The normalized spacial score (nSPS) is 31.4. The van der Waals surface area contributed by atoms with Gasteiger partial charge in [0.25, 0.3) is 0 Å². The van der Waals surface area contributed by atoms with Crippen molar-refractivity contribution in [1.82, 2.24) is 0 Å². The standard InChI is InChI=1S/C11H18O4/c1-4-7-9(14-2)6-5-8(12)10(7)11(13)15-3/h7,9-10H,4-6H2,1-3H3/t7-,9?,10+/m1/s1. The lowest BCUT2D eigenvalue weighted by molar-refractivity contribution is -0.157. The van der Waals surface area contributed by atoms with Crippen LogP contribution in [0.5, 0.6) is 0 Å². The SMILES string of the molecule is CC[C@@H]1C(OC)CCC(=O)[C@H]1C(=O)OC. The molecule has 1 unspecified atom stereocenters. The van der Waals surface area contributed by atoms with Crippen molar-refractivity contribution < 1.29 is 19.1 Å². The molecule has 0 aromatic carbocycles. The van der Waals surface area contributed by atoms with Crippen molar-refractivity contribution in [2.45, 2.75) is 32.3 Å². The van der Waals surface area contributed by atoms with Crippen molar-refractivity contribution >= 4 is 11.8 Å². The Morgan fingerprint density at radius 3 is 2.60 bits per heavy atom. The van der Waals surface area contributed by atoms with Gasteiger partial charge >= 0.3 is 5.97 Å². The molecule has 0 heterocycles. The maximum Gasteiger partial charge on any atom is 0.316 e. The Hall–Kier alpha value is -0.900. The van der Waals surface area contributed by atoms with Crippen LogP contribution in [0.25, 0.3) is 0 Å². The Labute approximate surface area is 89.9 Å². The smallest absolute Gasteiger partial charge is 0.316 e. The molecular formula is C11H18O4. The molecule has 0 spiro atoms. The first-order valence-electron chi connectivity index (χ1n) is 5.29. The Kier molecular flexibility index (Phi) is 4.27. The molecule has 0 amide bonds. The number of ether oxygens (including phenoxy) is 2. The highest BCUT2D eigenvalue weighted by atomic mass is 16.5. The largest absolute Gasteiger partial charge is 0.468 e. The van der Waals surface area contributed by atoms with Crippen LogP contribution in [0.3, 0.4) is 0 Å². The Bertz CT molecular complexity index is 241. The Morgan fingerprint density at radius 1 is 1.47 bits per heavy atom. The molecule has 1 aliphatic rings. The molecule has 1 fully saturated rings. The summed E-state index contributed by atoms with van der Waals surface area (Å²) in [6.07, 6.45) is 1.87. The van der Waals surface area contributed by atoms with E-state index in [-0.39, 0.29) is 17.8 Å². The molecule has 0 radical (unpaired) electrons. The molecule has 0 aromatic heterocycles. The van der Waals surface area contributed by atoms with Gasteiger partial charge in [-0.3, -0.25) is 9.59 Å². The maximum absolute atomic E-state index is 11.7. The summed E-state index contributed by atoms with van der Waals surface area (Å²) in [5, 5.41) is 0. The fraction of sp³-hybridized carbons (Fsp3) is 0.818. The van der Waals surface area contributed by atoms with Gasteiger partial charge in [0.15, 0.2) is 0 Å². The number of hydrogen-bond acceptors (Lipinski definition) is 4. The van der Waals surface area contributed by atoms with E-state index < -0.39 is 11.9 Å². The second-order valence-electron chi connectivity index (χ2n) is 3.85. The summed E-state index contributed by atoms with van der Waals surface area (Å²) in [6.45, 7) is 1.96. The fourth-order valence-electron chi connectivity index (χ4n) is 2.33. The number of ketones is 1.